The van der Waals surface area contributed by atoms with Crippen LogP contribution in [0.3, 0.4) is 0 Å². The second-order valence-electron chi connectivity index (χ2n) is 7.84. The normalized spacial score (nSPS) is 11.9. The molecule has 36 heavy (non-hydrogen) atoms. The maximum absolute atomic E-state index is 13.2. The molecule has 0 aliphatic rings. The van der Waals surface area contributed by atoms with Gasteiger partial charge in [-0.3, -0.25) is 9.52 Å². The highest BCUT2D eigenvalue weighted by Gasteiger charge is 2.19. The van der Waals surface area contributed by atoms with Crippen molar-refractivity contribution in [3.8, 4) is 0 Å². The van der Waals surface area contributed by atoms with E-state index in [4.69, 9.17) is 4.74 Å². The van der Waals surface area contributed by atoms with Crippen LogP contribution in [-0.2, 0) is 21.3 Å². The minimum atomic E-state index is -3.92. The maximum atomic E-state index is 13.2. The number of amides is 1. The number of aromatic nitrogens is 1. The lowest BCUT2D eigenvalue weighted by Crippen LogP contribution is -2.18. The van der Waals surface area contributed by atoms with Gasteiger partial charge in [-0.2, -0.15) is 4.99 Å². The zero-order valence-corrected chi connectivity index (χ0v) is 21.2. The molecule has 0 radical (unpaired) electrons. The third kappa shape index (κ3) is 5.14. The summed E-state index contributed by atoms with van der Waals surface area (Å²) in [4.78, 5) is 29.9. The number of rotatable bonds is 7. The summed E-state index contributed by atoms with van der Waals surface area (Å²) in [5, 5.41) is 0. The smallest absolute Gasteiger partial charge is 0.337 e. The molecule has 0 saturated heterocycles. The molecule has 1 heterocycles. The highest BCUT2D eigenvalue weighted by Crippen LogP contribution is 2.23. The number of benzene rings is 3. The second kappa shape index (κ2) is 10.3. The van der Waals surface area contributed by atoms with Crippen molar-refractivity contribution in [3.63, 3.8) is 0 Å². The van der Waals surface area contributed by atoms with E-state index in [9.17, 15) is 18.0 Å². The molecule has 0 fully saturated rings. The molecule has 4 rings (SSSR count). The van der Waals surface area contributed by atoms with Gasteiger partial charge in [0.15, 0.2) is 4.80 Å². The highest BCUT2D eigenvalue weighted by atomic mass is 32.2. The van der Waals surface area contributed by atoms with Crippen molar-refractivity contribution in [2.24, 2.45) is 4.99 Å². The summed E-state index contributed by atoms with van der Waals surface area (Å²) >= 11 is 1.23. The molecule has 3 aromatic carbocycles. The Hall–Kier alpha value is -4.02. The number of carbonyl (C=O) groups excluding carboxylic acids is 2. The number of nitrogens with one attached hydrogen (secondary N) is 1. The summed E-state index contributed by atoms with van der Waals surface area (Å²) in [6.07, 6.45) is 1.67. The van der Waals surface area contributed by atoms with Crippen LogP contribution in [0.25, 0.3) is 10.2 Å². The molecule has 4 aromatic rings. The van der Waals surface area contributed by atoms with E-state index in [1.807, 2.05) is 6.92 Å². The van der Waals surface area contributed by atoms with Gasteiger partial charge in [-0.25, -0.2) is 13.2 Å². The molecule has 8 nitrogen and oxygen atoms in total. The molecule has 0 spiro atoms. The predicted molar refractivity (Wildman–Crippen MR) is 140 cm³/mol. The number of methoxy groups -OCH3 is 1. The molecule has 1 N–H and O–H groups in total. The molecular weight excluding hydrogens is 498 g/mol. The van der Waals surface area contributed by atoms with Crippen LogP contribution in [0.2, 0.25) is 0 Å². The number of esters is 1. The Morgan fingerprint density at radius 2 is 1.83 bits per heavy atom. The zero-order valence-electron chi connectivity index (χ0n) is 19.6. The Balaban J connectivity index is 1.75. The van der Waals surface area contributed by atoms with E-state index in [1.54, 1.807) is 53.1 Å². The average molecular weight is 522 g/mol. The zero-order chi connectivity index (χ0) is 25.9. The Bertz CT molecular complexity index is 1650. The van der Waals surface area contributed by atoms with Crippen LogP contribution in [0.15, 0.2) is 89.3 Å². The maximum Gasteiger partial charge on any atom is 0.337 e. The van der Waals surface area contributed by atoms with Crippen molar-refractivity contribution in [1.82, 2.24) is 4.57 Å². The lowest BCUT2D eigenvalue weighted by molar-refractivity contribution is 0.0600. The first-order chi connectivity index (χ1) is 17.2. The van der Waals surface area contributed by atoms with E-state index in [-0.39, 0.29) is 16.1 Å². The van der Waals surface area contributed by atoms with Crippen molar-refractivity contribution in [3.05, 3.63) is 101 Å². The molecule has 0 aliphatic heterocycles. The fourth-order valence-corrected chi connectivity index (χ4v) is 5.69. The number of thiazole rings is 1. The van der Waals surface area contributed by atoms with Crippen LogP contribution in [-0.4, -0.2) is 32.0 Å². The fourth-order valence-electron chi connectivity index (χ4n) is 3.54. The average Bonchev–Trinajstić information content (AvgIpc) is 3.20. The number of sulfonamides is 1. The monoisotopic (exact) mass is 521 g/mol. The largest absolute Gasteiger partial charge is 0.465 e. The third-order valence-corrected chi connectivity index (χ3v) is 7.77. The van der Waals surface area contributed by atoms with Crippen LogP contribution in [0.5, 0.6) is 0 Å². The number of hydrogen-bond donors (Lipinski definition) is 1. The quantitative estimate of drug-likeness (QED) is 0.284. The van der Waals surface area contributed by atoms with Gasteiger partial charge in [-0.15, -0.1) is 6.58 Å². The van der Waals surface area contributed by atoms with Gasteiger partial charge in [-0.05, 0) is 49.4 Å². The number of nitrogens with zero attached hydrogens (tertiary/aromatic N) is 2. The molecule has 0 bridgehead atoms. The number of anilines is 1. The Kier molecular flexibility index (Phi) is 7.18. The molecule has 1 aromatic heterocycles. The summed E-state index contributed by atoms with van der Waals surface area (Å²) in [5.74, 6) is -1.08. The molecular formula is C26H23N3O5S2. The van der Waals surface area contributed by atoms with Crippen LogP contribution in [0.4, 0.5) is 5.69 Å². The number of ether oxygens (including phenoxy) is 1. The first-order valence-corrected chi connectivity index (χ1v) is 13.1. The highest BCUT2D eigenvalue weighted by molar-refractivity contribution is 7.92. The topological polar surface area (TPSA) is 107 Å². The van der Waals surface area contributed by atoms with E-state index >= 15 is 0 Å². The first kappa shape index (κ1) is 25.1. The van der Waals surface area contributed by atoms with E-state index in [1.165, 1.54) is 42.7 Å². The van der Waals surface area contributed by atoms with Gasteiger partial charge in [-0.1, -0.05) is 47.2 Å². The molecule has 10 heteroatoms. The van der Waals surface area contributed by atoms with Crippen LogP contribution >= 0.6 is 11.3 Å². The Labute approximate surface area is 212 Å². The van der Waals surface area contributed by atoms with Crippen LogP contribution in [0.1, 0.15) is 26.3 Å². The molecule has 1 amide bonds. The van der Waals surface area contributed by atoms with Crippen molar-refractivity contribution < 1.29 is 22.7 Å². The van der Waals surface area contributed by atoms with Crippen molar-refractivity contribution in [1.29, 1.82) is 0 Å². The Morgan fingerprint density at radius 3 is 2.53 bits per heavy atom. The SMILES string of the molecule is C=CCn1c(=NC(=O)c2ccccc2NS(=O)(=O)c2ccc(C)cc2)sc2cc(C(=O)OC)ccc21. The number of carbonyl (C=O) groups is 2. The predicted octanol–water partition coefficient (Wildman–Crippen LogP) is 4.53. The summed E-state index contributed by atoms with van der Waals surface area (Å²) in [7, 11) is -2.61. The van der Waals surface area contributed by atoms with Crippen LogP contribution < -0.4 is 9.52 Å². The number of allylic oxidation sites excluding steroid dienone is 1. The third-order valence-electron chi connectivity index (χ3n) is 5.35. The molecule has 184 valence electrons. The van der Waals surface area contributed by atoms with Crippen LogP contribution in [0, 0.1) is 6.92 Å². The van der Waals surface area contributed by atoms with Gasteiger partial charge in [0.2, 0.25) is 0 Å². The van der Waals surface area contributed by atoms with Gasteiger partial charge in [0.25, 0.3) is 15.9 Å². The Morgan fingerprint density at radius 1 is 1.11 bits per heavy atom. The van der Waals surface area contributed by atoms with Gasteiger partial charge >= 0.3 is 5.97 Å². The number of aryl methyl sites for hydroxylation is 1. The molecule has 0 atom stereocenters. The van der Waals surface area contributed by atoms with Crippen molar-refractivity contribution in [2.75, 3.05) is 11.8 Å². The number of hydrogen-bond acceptors (Lipinski definition) is 6. The van der Waals surface area contributed by atoms with E-state index in [0.717, 1.165) is 15.8 Å². The summed E-state index contributed by atoms with van der Waals surface area (Å²) in [5.41, 5.74) is 2.30. The molecule has 0 aliphatic carbocycles. The number of fused-ring (bicyclic) bond motifs is 1. The summed E-state index contributed by atoms with van der Waals surface area (Å²) in [6, 6.07) is 17.8. The summed E-state index contributed by atoms with van der Waals surface area (Å²) in [6.45, 7) is 6.02. The first-order valence-electron chi connectivity index (χ1n) is 10.8. The molecule has 0 saturated carbocycles. The van der Waals surface area contributed by atoms with Crippen molar-refractivity contribution in [2.45, 2.75) is 18.4 Å². The summed E-state index contributed by atoms with van der Waals surface area (Å²) < 4.78 is 35.6. The lowest BCUT2D eigenvalue weighted by atomic mass is 10.2. The van der Waals surface area contributed by atoms with E-state index in [2.05, 4.69) is 16.3 Å². The van der Waals surface area contributed by atoms with E-state index < -0.39 is 21.9 Å². The van der Waals surface area contributed by atoms with Crippen molar-refractivity contribution >= 4 is 49.1 Å². The minimum Gasteiger partial charge on any atom is -0.465 e. The standard InChI is InChI=1S/C26H23N3O5S2/c1-4-15-29-22-14-11-18(25(31)34-3)16-23(22)35-26(29)27-24(30)20-7-5-6-8-21(20)28-36(32,33)19-12-9-17(2)10-13-19/h4-14,16,28H,1,15H2,2-3H3. The minimum absolute atomic E-state index is 0.0852. The fraction of sp³-hybridized carbons (Fsp3) is 0.115. The molecule has 0 unspecified atom stereocenters. The number of para-hydroxylation sites is 1. The second-order valence-corrected chi connectivity index (χ2v) is 10.5. The lowest BCUT2D eigenvalue weighted by Gasteiger charge is -2.11. The van der Waals surface area contributed by atoms with E-state index in [0.29, 0.717) is 16.9 Å². The van der Waals surface area contributed by atoms with Gasteiger partial charge in [0.05, 0.1) is 39.0 Å². The van der Waals surface area contributed by atoms with Gasteiger partial charge in [0.1, 0.15) is 0 Å². The van der Waals surface area contributed by atoms with Gasteiger partial charge in [0, 0.05) is 6.54 Å². The van der Waals surface area contributed by atoms with Gasteiger partial charge < -0.3 is 9.30 Å².